The van der Waals surface area contributed by atoms with Crippen LogP contribution in [0.2, 0.25) is 0 Å². The summed E-state index contributed by atoms with van der Waals surface area (Å²) in [7, 11) is 0. The molecule has 0 spiro atoms. The molecule has 3 nitrogen and oxygen atoms in total. The summed E-state index contributed by atoms with van der Waals surface area (Å²) in [6.07, 6.45) is 6.20. The number of rotatable bonds is 4. The van der Waals surface area contributed by atoms with Gasteiger partial charge in [0.1, 0.15) is 12.1 Å². The van der Waals surface area contributed by atoms with Crippen LogP contribution in [0.15, 0.2) is 12.4 Å². The quantitative estimate of drug-likeness (QED) is 0.822. The smallest absolute Gasteiger partial charge is 0.129 e. The molecule has 16 heavy (non-hydrogen) atoms. The van der Waals surface area contributed by atoms with E-state index < -0.39 is 0 Å². The fourth-order valence-electron chi connectivity index (χ4n) is 2.14. The largest absolute Gasteiger partial charge is 0.370 e. The highest BCUT2D eigenvalue weighted by molar-refractivity contribution is 6.20. The first-order chi connectivity index (χ1) is 7.79. The lowest BCUT2D eigenvalue weighted by molar-refractivity contribution is 0.585. The summed E-state index contributed by atoms with van der Waals surface area (Å²) in [5.41, 5.74) is 1.08. The summed E-state index contributed by atoms with van der Waals surface area (Å²) in [5.74, 6) is 1.50. The van der Waals surface area contributed by atoms with Crippen LogP contribution in [0.4, 0.5) is 5.82 Å². The van der Waals surface area contributed by atoms with Crippen LogP contribution in [0.3, 0.4) is 0 Å². The van der Waals surface area contributed by atoms with Crippen molar-refractivity contribution in [3.8, 4) is 0 Å². The van der Waals surface area contributed by atoms with Gasteiger partial charge in [-0.3, -0.25) is 0 Å². The van der Waals surface area contributed by atoms with Gasteiger partial charge in [-0.25, -0.2) is 9.97 Å². The Morgan fingerprint density at radius 2 is 2.31 bits per heavy atom. The van der Waals surface area contributed by atoms with E-state index in [-0.39, 0.29) is 0 Å². The molecule has 0 aliphatic heterocycles. The van der Waals surface area contributed by atoms with E-state index in [1.165, 1.54) is 12.8 Å². The van der Waals surface area contributed by atoms with Crippen molar-refractivity contribution in [2.24, 2.45) is 5.92 Å². The Morgan fingerprint density at radius 3 is 3.00 bits per heavy atom. The molecule has 0 amide bonds. The van der Waals surface area contributed by atoms with Crippen molar-refractivity contribution in [2.45, 2.75) is 38.0 Å². The predicted molar refractivity (Wildman–Crippen MR) is 66.9 cm³/mol. The van der Waals surface area contributed by atoms with Gasteiger partial charge >= 0.3 is 0 Å². The molecule has 2 atom stereocenters. The second-order valence-electron chi connectivity index (χ2n) is 4.34. The standard InChI is InChI=1S/C12H18ClN3/c1-2-10-6-12(16-8-15-10)14-7-9-4-3-5-11(9)13/h6,8-9,11H,2-5,7H2,1H3,(H,14,15,16). The maximum absolute atomic E-state index is 6.23. The highest BCUT2D eigenvalue weighted by Crippen LogP contribution is 2.30. The highest BCUT2D eigenvalue weighted by atomic mass is 35.5. The van der Waals surface area contributed by atoms with E-state index in [4.69, 9.17) is 11.6 Å². The summed E-state index contributed by atoms with van der Waals surface area (Å²) in [6, 6.07) is 2.01. The van der Waals surface area contributed by atoms with E-state index >= 15 is 0 Å². The topological polar surface area (TPSA) is 37.8 Å². The van der Waals surface area contributed by atoms with Gasteiger partial charge in [-0.1, -0.05) is 13.3 Å². The maximum atomic E-state index is 6.23. The third-order valence-corrected chi connectivity index (χ3v) is 3.77. The average Bonchev–Trinajstić information content (AvgIpc) is 2.72. The molecule has 88 valence electrons. The molecule has 1 aromatic heterocycles. The Labute approximate surface area is 102 Å². The molecule has 1 aromatic rings. The number of hydrogen-bond donors (Lipinski definition) is 1. The van der Waals surface area contributed by atoms with Crippen molar-refractivity contribution >= 4 is 17.4 Å². The molecule has 0 radical (unpaired) electrons. The van der Waals surface area contributed by atoms with Gasteiger partial charge in [-0.05, 0) is 25.2 Å². The number of nitrogens with one attached hydrogen (secondary N) is 1. The van der Waals surface area contributed by atoms with Gasteiger partial charge in [0, 0.05) is 23.7 Å². The van der Waals surface area contributed by atoms with E-state index in [1.54, 1.807) is 6.33 Å². The number of halogens is 1. The molecule has 1 N–H and O–H groups in total. The molecule has 4 heteroatoms. The molecule has 1 fully saturated rings. The summed E-state index contributed by atoms with van der Waals surface area (Å²) in [4.78, 5) is 8.38. The minimum Gasteiger partial charge on any atom is -0.370 e. The Hall–Kier alpha value is -0.830. The lowest BCUT2D eigenvalue weighted by Crippen LogP contribution is -2.19. The number of nitrogens with zero attached hydrogens (tertiary/aromatic N) is 2. The third kappa shape index (κ3) is 2.85. The van der Waals surface area contributed by atoms with Crippen LogP contribution in [-0.2, 0) is 6.42 Å². The number of alkyl halides is 1. The Balaban J connectivity index is 1.88. The second-order valence-corrected chi connectivity index (χ2v) is 4.90. The zero-order chi connectivity index (χ0) is 11.4. The first kappa shape index (κ1) is 11.6. The molecule has 1 saturated carbocycles. The summed E-state index contributed by atoms with van der Waals surface area (Å²) >= 11 is 6.23. The Bertz CT molecular complexity index is 343. The molecule has 1 heterocycles. The monoisotopic (exact) mass is 239 g/mol. The molecule has 2 rings (SSSR count). The molecule has 1 aliphatic rings. The predicted octanol–water partition coefficient (Wildman–Crippen LogP) is 2.86. The molecule has 0 aromatic carbocycles. The lowest BCUT2D eigenvalue weighted by atomic mass is 10.1. The van der Waals surface area contributed by atoms with Gasteiger partial charge in [-0.15, -0.1) is 11.6 Å². The number of hydrogen-bond acceptors (Lipinski definition) is 3. The van der Waals surface area contributed by atoms with Crippen LogP contribution in [0.25, 0.3) is 0 Å². The van der Waals surface area contributed by atoms with Gasteiger partial charge in [0.25, 0.3) is 0 Å². The van der Waals surface area contributed by atoms with Crippen LogP contribution in [0, 0.1) is 5.92 Å². The fourth-order valence-corrected chi connectivity index (χ4v) is 2.51. The van der Waals surface area contributed by atoms with E-state index in [0.29, 0.717) is 11.3 Å². The van der Waals surface area contributed by atoms with Crippen molar-refractivity contribution < 1.29 is 0 Å². The van der Waals surface area contributed by atoms with E-state index in [1.807, 2.05) is 6.07 Å². The van der Waals surface area contributed by atoms with Gasteiger partial charge < -0.3 is 5.32 Å². The van der Waals surface area contributed by atoms with Crippen LogP contribution in [0.1, 0.15) is 31.9 Å². The van der Waals surface area contributed by atoms with Crippen LogP contribution >= 0.6 is 11.6 Å². The second kappa shape index (κ2) is 5.48. The lowest BCUT2D eigenvalue weighted by Gasteiger charge is -2.14. The van der Waals surface area contributed by atoms with Gasteiger partial charge in [0.2, 0.25) is 0 Å². The number of aromatic nitrogens is 2. The third-order valence-electron chi connectivity index (χ3n) is 3.20. The first-order valence-electron chi connectivity index (χ1n) is 5.98. The number of aryl methyl sites for hydroxylation is 1. The molecule has 1 aliphatic carbocycles. The van der Waals surface area contributed by atoms with Crippen LogP contribution < -0.4 is 5.32 Å². The normalized spacial score (nSPS) is 24.6. The zero-order valence-corrected chi connectivity index (χ0v) is 10.4. The van der Waals surface area contributed by atoms with Gasteiger partial charge in [-0.2, -0.15) is 0 Å². The summed E-state index contributed by atoms with van der Waals surface area (Å²) < 4.78 is 0. The summed E-state index contributed by atoms with van der Waals surface area (Å²) in [5, 5.41) is 3.69. The molecule has 0 bridgehead atoms. The maximum Gasteiger partial charge on any atom is 0.129 e. The molecular weight excluding hydrogens is 222 g/mol. The van der Waals surface area contributed by atoms with Gasteiger partial charge in [0.05, 0.1) is 0 Å². The fraction of sp³-hybridized carbons (Fsp3) is 0.667. The van der Waals surface area contributed by atoms with E-state index in [9.17, 15) is 0 Å². The van der Waals surface area contributed by atoms with Crippen LogP contribution in [0.5, 0.6) is 0 Å². The average molecular weight is 240 g/mol. The van der Waals surface area contributed by atoms with Crippen LogP contribution in [-0.4, -0.2) is 21.9 Å². The zero-order valence-electron chi connectivity index (χ0n) is 9.62. The van der Waals surface area contributed by atoms with Crippen molar-refractivity contribution in [3.63, 3.8) is 0 Å². The minimum absolute atomic E-state index is 0.333. The van der Waals surface area contributed by atoms with Crippen molar-refractivity contribution in [3.05, 3.63) is 18.1 Å². The van der Waals surface area contributed by atoms with Crippen molar-refractivity contribution in [1.82, 2.24) is 9.97 Å². The Morgan fingerprint density at radius 1 is 1.44 bits per heavy atom. The molecular formula is C12H18ClN3. The minimum atomic E-state index is 0.333. The number of anilines is 1. The van der Waals surface area contributed by atoms with Crippen molar-refractivity contribution in [1.29, 1.82) is 0 Å². The van der Waals surface area contributed by atoms with Crippen molar-refractivity contribution in [2.75, 3.05) is 11.9 Å². The molecule has 0 saturated heterocycles. The van der Waals surface area contributed by atoms with E-state index in [2.05, 4.69) is 22.2 Å². The highest BCUT2D eigenvalue weighted by Gasteiger charge is 2.24. The van der Waals surface area contributed by atoms with Gasteiger partial charge in [0.15, 0.2) is 0 Å². The van der Waals surface area contributed by atoms with E-state index in [0.717, 1.165) is 30.9 Å². The SMILES string of the molecule is CCc1cc(NCC2CCCC2Cl)ncn1. The summed E-state index contributed by atoms with van der Waals surface area (Å²) in [6.45, 7) is 3.02. The molecule has 2 unspecified atom stereocenters. The Kier molecular flexibility index (Phi) is 3.99. The first-order valence-corrected chi connectivity index (χ1v) is 6.42.